The first-order valence-electron chi connectivity index (χ1n) is 6.58. The fourth-order valence-electron chi connectivity index (χ4n) is 1.82. The Labute approximate surface area is 132 Å². The van der Waals surface area contributed by atoms with Gasteiger partial charge in [-0.05, 0) is 31.5 Å². The van der Waals surface area contributed by atoms with Crippen molar-refractivity contribution in [3.8, 4) is 5.75 Å². The Balaban J connectivity index is 2.07. The second kappa shape index (κ2) is 6.66. The number of esters is 1. The van der Waals surface area contributed by atoms with Gasteiger partial charge in [0.2, 0.25) is 0 Å². The molecule has 2 rings (SSSR count). The highest BCUT2D eigenvalue weighted by atomic mass is 35.5. The quantitative estimate of drug-likeness (QED) is 0.366. The van der Waals surface area contributed by atoms with Crippen LogP contribution in [0, 0.1) is 6.92 Å². The largest absolute Gasteiger partial charge is 0.490 e. The van der Waals surface area contributed by atoms with E-state index >= 15 is 0 Å². The lowest BCUT2D eigenvalue weighted by Gasteiger charge is -2.08. The molecule has 0 atom stereocenters. The van der Waals surface area contributed by atoms with Crippen molar-refractivity contribution in [3.05, 3.63) is 51.4 Å². The number of carbonyl (C=O) groups excluding carboxylic acids is 1. The fourth-order valence-corrected chi connectivity index (χ4v) is 1.96. The van der Waals surface area contributed by atoms with Crippen molar-refractivity contribution in [2.24, 2.45) is 0 Å². The zero-order valence-corrected chi connectivity index (χ0v) is 13.0. The summed E-state index contributed by atoms with van der Waals surface area (Å²) in [6.45, 7) is 7.09. The monoisotopic (exact) mass is 322 g/mol. The molecular weight excluding hydrogens is 308 g/mol. The van der Waals surface area contributed by atoms with Gasteiger partial charge in [0.25, 0.3) is 0 Å². The summed E-state index contributed by atoms with van der Waals surface area (Å²) in [5.74, 6) is 0.0436. The molecule has 0 aliphatic rings. The van der Waals surface area contributed by atoms with Crippen LogP contribution in [0.3, 0.4) is 0 Å². The van der Waals surface area contributed by atoms with Crippen LogP contribution in [0.25, 0.3) is 11.0 Å². The van der Waals surface area contributed by atoms with Gasteiger partial charge in [0, 0.05) is 17.0 Å². The maximum Gasteiger partial charge on any atom is 0.355 e. The van der Waals surface area contributed by atoms with Gasteiger partial charge in [0.05, 0.1) is 0 Å². The molecule has 0 spiro atoms. The van der Waals surface area contributed by atoms with Crippen molar-refractivity contribution in [1.82, 2.24) is 0 Å². The van der Waals surface area contributed by atoms with Gasteiger partial charge in [-0.25, -0.2) is 9.59 Å². The molecule has 2 aromatic rings. The number of halogens is 1. The molecule has 1 heterocycles. The first-order valence-corrected chi connectivity index (χ1v) is 6.96. The highest BCUT2D eigenvalue weighted by Crippen LogP contribution is 2.25. The highest BCUT2D eigenvalue weighted by Gasteiger charge is 2.10. The van der Waals surface area contributed by atoms with Crippen LogP contribution in [-0.4, -0.2) is 19.2 Å². The predicted octanol–water partition coefficient (Wildman–Crippen LogP) is 3.25. The fraction of sp³-hybridized carbons (Fsp3) is 0.250. The highest BCUT2D eigenvalue weighted by molar-refractivity contribution is 6.31. The minimum Gasteiger partial charge on any atom is -0.490 e. The average Bonchev–Trinajstić information content (AvgIpc) is 2.48. The number of hydrogen-bond acceptors (Lipinski definition) is 5. The third-order valence-electron chi connectivity index (χ3n) is 3.00. The van der Waals surface area contributed by atoms with E-state index < -0.39 is 11.6 Å². The van der Waals surface area contributed by atoms with Crippen LogP contribution >= 0.6 is 11.6 Å². The lowest BCUT2D eigenvalue weighted by molar-refractivity contribution is -0.139. The van der Waals surface area contributed by atoms with Crippen LogP contribution in [0.2, 0.25) is 5.02 Å². The van der Waals surface area contributed by atoms with E-state index in [9.17, 15) is 9.59 Å². The molecule has 0 fully saturated rings. The standard InChI is InChI=1S/C16H15ClO5/c1-9(2)15(18)21-7-6-20-11-4-5-12-10(3)14(17)16(19)22-13(12)8-11/h4-5,8H,1,6-7H2,2-3H3. The number of benzene rings is 1. The zero-order valence-electron chi connectivity index (χ0n) is 12.3. The van der Waals surface area contributed by atoms with Gasteiger partial charge in [-0.2, -0.15) is 0 Å². The van der Waals surface area contributed by atoms with Gasteiger partial charge >= 0.3 is 11.6 Å². The minimum atomic E-state index is -0.584. The molecule has 0 aliphatic heterocycles. The summed E-state index contributed by atoms with van der Waals surface area (Å²) in [5, 5.41) is 0.818. The van der Waals surface area contributed by atoms with Crippen LogP contribution in [0.15, 0.2) is 39.6 Å². The van der Waals surface area contributed by atoms with E-state index in [0.29, 0.717) is 22.5 Å². The van der Waals surface area contributed by atoms with Crippen molar-refractivity contribution in [1.29, 1.82) is 0 Å². The molecule has 116 valence electrons. The molecule has 1 aromatic heterocycles. The predicted molar refractivity (Wildman–Crippen MR) is 83.5 cm³/mol. The summed E-state index contributed by atoms with van der Waals surface area (Å²) in [6.07, 6.45) is 0. The van der Waals surface area contributed by atoms with Gasteiger partial charge in [0.15, 0.2) is 0 Å². The Morgan fingerprint density at radius 1 is 1.36 bits per heavy atom. The van der Waals surface area contributed by atoms with Crippen molar-refractivity contribution in [2.75, 3.05) is 13.2 Å². The number of ether oxygens (including phenoxy) is 2. The number of carbonyl (C=O) groups is 1. The molecule has 0 bridgehead atoms. The Hall–Kier alpha value is -2.27. The molecule has 0 saturated carbocycles. The molecule has 0 unspecified atom stereocenters. The van der Waals surface area contributed by atoms with Crippen LogP contribution in [0.4, 0.5) is 0 Å². The summed E-state index contributed by atoms with van der Waals surface area (Å²) < 4.78 is 15.5. The molecule has 0 amide bonds. The van der Waals surface area contributed by atoms with E-state index in [1.807, 2.05) is 0 Å². The maximum atomic E-state index is 11.6. The third-order valence-corrected chi connectivity index (χ3v) is 3.44. The molecule has 0 aliphatic carbocycles. The number of hydrogen-bond donors (Lipinski definition) is 0. The van der Waals surface area contributed by atoms with Gasteiger partial charge in [-0.3, -0.25) is 0 Å². The van der Waals surface area contributed by atoms with Gasteiger partial charge in [0.1, 0.15) is 29.6 Å². The van der Waals surface area contributed by atoms with Crippen molar-refractivity contribution >= 4 is 28.5 Å². The normalized spacial score (nSPS) is 10.5. The summed E-state index contributed by atoms with van der Waals surface area (Å²) >= 11 is 5.86. The molecule has 0 saturated heterocycles. The molecule has 1 aromatic carbocycles. The van der Waals surface area contributed by atoms with Gasteiger partial charge < -0.3 is 13.9 Å². The molecule has 0 N–H and O–H groups in total. The van der Waals surface area contributed by atoms with E-state index in [2.05, 4.69) is 6.58 Å². The molecule has 5 nitrogen and oxygen atoms in total. The topological polar surface area (TPSA) is 65.7 Å². The number of rotatable bonds is 5. The Morgan fingerprint density at radius 2 is 2.09 bits per heavy atom. The SMILES string of the molecule is C=C(C)C(=O)OCCOc1ccc2c(C)c(Cl)c(=O)oc2c1. The zero-order chi connectivity index (χ0) is 16.3. The lowest BCUT2D eigenvalue weighted by atomic mass is 10.1. The summed E-state index contributed by atoms with van der Waals surface area (Å²) in [6, 6.07) is 5.08. The summed E-state index contributed by atoms with van der Waals surface area (Å²) in [5.41, 5.74) is 0.803. The summed E-state index contributed by atoms with van der Waals surface area (Å²) in [4.78, 5) is 22.8. The molecular formula is C16H15ClO5. The van der Waals surface area contributed by atoms with Crippen LogP contribution in [0.1, 0.15) is 12.5 Å². The number of fused-ring (bicyclic) bond motifs is 1. The molecule has 0 radical (unpaired) electrons. The van der Waals surface area contributed by atoms with E-state index in [1.165, 1.54) is 0 Å². The molecule has 22 heavy (non-hydrogen) atoms. The second-order valence-corrected chi connectivity index (χ2v) is 5.13. The van der Waals surface area contributed by atoms with E-state index in [1.54, 1.807) is 32.0 Å². The van der Waals surface area contributed by atoms with E-state index in [-0.39, 0.29) is 18.2 Å². The first kappa shape index (κ1) is 16.1. The second-order valence-electron chi connectivity index (χ2n) is 4.75. The lowest BCUT2D eigenvalue weighted by Crippen LogP contribution is -2.12. The van der Waals surface area contributed by atoms with Gasteiger partial charge in [-0.15, -0.1) is 0 Å². The smallest absolute Gasteiger partial charge is 0.355 e. The first-order chi connectivity index (χ1) is 10.4. The third kappa shape index (κ3) is 3.49. The number of aryl methyl sites for hydroxylation is 1. The minimum absolute atomic E-state index is 0.0767. The van der Waals surface area contributed by atoms with E-state index in [4.69, 9.17) is 25.5 Å². The van der Waals surface area contributed by atoms with Crippen molar-refractivity contribution in [3.63, 3.8) is 0 Å². The van der Waals surface area contributed by atoms with Crippen LogP contribution < -0.4 is 10.4 Å². The summed E-state index contributed by atoms with van der Waals surface area (Å²) in [7, 11) is 0. The Bertz CT molecular complexity index is 791. The van der Waals surface area contributed by atoms with Crippen molar-refractivity contribution < 1.29 is 18.7 Å². The van der Waals surface area contributed by atoms with Crippen LogP contribution in [-0.2, 0) is 9.53 Å². The Morgan fingerprint density at radius 3 is 2.77 bits per heavy atom. The van der Waals surface area contributed by atoms with E-state index in [0.717, 1.165) is 5.39 Å². The van der Waals surface area contributed by atoms with Crippen LogP contribution in [0.5, 0.6) is 5.75 Å². The average molecular weight is 323 g/mol. The maximum absolute atomic E-state index is 11.6. The van der Waals surface area contributed by atoms with Crippen molar-refractivity contribution in [2.45, 2.75) is 13.8 Å². The Kier molecular flexibility index (Phi) is 4.88. The molecule has 6 heteroatoms. The van der Waals surface area contributed by atoms with Gasteiger partial charge in [-0.1, -0.05) is 18.2 Å².